The average molecular weight is 269 g/mol. The molecule has 0 aromatic rings. The Morgan fingerprint density at radius 2 is 1.95 bits per heavy atom. The van der Waals surface area contributed by atoms with Crippen LogP contribution in [0.2, 0.25) is 0 Å². The molecule has 0 aromatic carbocycles. The van der Waals surface area contributed by atoms with E-state index in [1.165, 1.54) is 19.4 Å². The molecule has 3 saturated heterocycles. The van der Waals surface area contributed by atoms with Crippen molar-refractivity contribution in [3.8, 4) is 0 Å². The van der Waals surface area contributed by atoms with E-state index in [0.29, 0.717) is 6.04 Å². The summed E-state index contributed by atoms with van der Waals surface area (Å²) >= 11 is 0. The normalized spacial score (nSPS) is 38.7. The Morgan fingerprint density at radius 3 is 2.63 bits per heavy atom. The summed E-state index contributed by atoms with van der Waals surface area (Å²) in [6.07, 6.45) is 3.61. The number of likely N-dealkylation sites (tertiary alicyclic amines) is 1. The van der Waals surface area contributed by atoms with Crippen LogP contribution in [-0.4, -0.2) is 80.5 Å². The maximum absolute atomic E-state index is 6.09. The molecule has 3 rings (SSSR count). The molecule has 110 valence electrons. The molecule has 5 heteroatoms. The van der Waals surface area contributed by atoms with Crippen LogP contribution in [0.4, 0.5) is 0 Å². The van der Waals surface area contributed by atoms with Gasteiger partial charge >= 0.3 is 0 Å². The molecule has 2 unspecified atom stereocenters. The molecule has 0 spiro atoms. The summed E-state index contributed by atoms with van der Waals surface area (Å²) in [5.41, 5.74) is 6.20. The minimum Gasteiger partial charge on any atom is -0.379 e. The van der Waals surface area contributed by atoms with Crippen molar-refractivity contribution >= 4 is 0 Å². The SMILES string of the molecule is NCC1(N2CCC(N3CCOCC3)C2)CCCOC1. The number of morpholine rings is 1. The first kappa shape index (κ1) is 13.8. The van der Waals surface area contributed by atoms with Crippen molar-refractivity contribution < 1.29 is 9.47 Å². The molecule has 3 aliphatic heterocycles. The van der Waals surface area contributed by atoms with Gasteiger partial charge in [0.25, 0.3) is 0 Å². The van der Waals surface area contributed by atoms with Crippen molar-refractivity contribution in [2.75, 3.05) is 59.2 Å². The summed E-state index contributed by atoms with van der Waals surface area (Å²) in [6.45, 7) is 8.73. The van der Waals surface area contributed by atoms with Gasteiger partial charge in [-0.3, -0.25) is 9.80 Å². The minimum atomic E-state index is 0.110. The number of nitrogens with zero attached hydrogens (tertiary/aromatic N) is 2. The van der Waals surface area contributed by atoms with Crippen molar-refractivity contribution in [3.63, 3.8) is 0 Å². The van der Waals surface area contributed by atoms with Gasteiger partial charge in [-0.05, 0) is 19.3 Å². The van der Waals surface area contributed by atoms with Gasteiger partial charge in [0.15, 0.2) is 0 Å². The lowest BCUT2D eigenvalue weighted by molar-refractivity contribution is -0.0406. The smallest absolute Gasteiger partial charge is 0.0662 e. The van der Waals surface area contributed by atoms with Crippen LogP contribution in [0, 0.1) is 0 Å². The Labute approximate surface area is 116 Å². The molecule has 0 amide bonds. The molecule has 0 aliphatic carbocycles. The van der Waals surface area contributed by atoms with E-state index in [1.807, 2.05) is 0 Å². The van der Waals surface area contributed by atoms with E-state index in [9.17, 15) is 0 Å². The fourth-order valence-electron chi connectivity index (χ4n) is 3.79. The van der Waals surface area contributed by atoms with Gasteiger partial charge in [0.2, 0.25) is 0 Å². The quantitative estimate of drug-likeness (QED) is 0.775. The van der Waals surface area contributed by atoms with Gasteiger partial charge in [0, 0.05) is 45.4 Å². The number of nitrogens with two attached hydrogens (primary N) is 1. The predicted molar refractivity (Wildman–Crippen MR) is 74.2 cm³/mol. The van der Waals surface area contributed by atoms with Crippen molar-refractivity contribution in [1.82, 2.24) is 9.80 Å². The molecular formula is C14H27N3O2. The predicted octanol–water partition coefficient (Wildman–Crippen LogP) is -0.0992. The zero-order chi connectivity index (χ0) is 13.1. The van der Waals surface area contributed by atoms with Crippen LogP contribution >= 0.6 is 0 Å². The largest absolute Gasteiger partial charge is 0.379 e. The Bertz CT molecular complexity index is 288. The summed E-state index contributed by atoms with van der Waals surface area (Å²) in [4.78, 5) is 5.20. The fraction of sp³-hybridized carbons (Fsp3) is 1.00. The molecule has 5 nitrogen and oxygen atoms in total. The van der Waals surface area contributed by atoms with Gasteiger partial charge in [0.1, 0.15) is 0 Å². The molecule has 2 N–H and O–H groups in total. The Hall–Kier alpha value is -0.200. The Balaban J connectivity index is 1.60. The van der Waals surface area contributed by atoms with E-state index < -0.39 is 0 Å². The molecule has 3 heterocycles. The monoisotopic (exact) mass is 269 g/mol. The van der Waals surface area contributed by atoms with Gasteiger partial charge in [-0.1, -0.05) is 0 Å². The highest BCUT2D eigenvalue weighted by atomic mass is 16.5. The lowest BCUT2D eigenvalue weighted by Crippen LogP contribution is -2.58. The maximum Gasteiger partial charge on any atom is 0.0662 e. The van der Waals surface area contributed by atoms with Crippen molar-refractivity contribution in [2.45, 2.75) is 30.8 Å². The average Bonchev–Trinajstić information content (AvgIpc) is 2.99. The summed E-state index contributed by atoms with van der Waals surface area (Å²) in [5.74, 6) is 0. The van der Waals surface area contributed by atoms with Crippen LogP contribution in [0.15, 0.2) is 0 Å². The third kappa shape index (κ3) is 2.81. The summed E-state index contributed by atoms with van der Waals surface area (Å²) in [6, 6.07) is 0.689. The number of hydrogen-bond acceptors (Lipinski definition) is 5. The summed E-state index contributed by atoms with van der Waals surface area (Å²) in [7, 11) is 0. The molecule has 2 atom stereocenters. The van der Waals surface area contributed by atoms with Gasteiger partial charge in [0.05, 0.1) is 25.4 Å². The van der Waals surface area contributed by atoms with Gasteiger partial charge in [-0.15, -0.1) is 0 Å². The highest BCUT2D eigenvalue weighted by molar-refractivity contribution is 4.99. The summed E-state index contributed by atoms with van der Waals surface area (Å²) in [5, 5.41) is 0. The van der Waals surface area contributed by atoms with E-state index >= 15 is 0 Å². The van der Waals surface area contributed by atoms with Gasteiger partial charge < -0.3 is 15.2 Å². The fourth-order valence-corrected chi connectivity index (χ4v) is 3.79. The molecule has 3 aliphatic rings. The van der Waals surface area contributed by atoms with Crippen LogP contribution in [0.1, 0.15) is 19.3 Å². The van der Waals surface area contributed by atoms with Crippen LogP contribution in [0.5, 0.6) is 0 Å². The number of hydrogen-bond donors (Lipinski definition) is 1. The van der Waals surface area contributed by atoms with Crippen LogP contribution in [0.3, 0.4) is 0 Å². The van der Waals surface area contributed by atoms with E-state index in [0.717, 1.165) is 59.0 Å². The first-order chi connectivity index (χ1) is 9.34. The Morgan fingerprint density at radius 1 is 1.11 bits per heavy atom. The second kappa shape index (κ2) is 6.06. The second-order valence-electron chi connectivity index (χ2n) is 6.12. The van der Waals surface area contributed by atoms with E-state index in [1.54, 1.807) is 0 Å². The van der Waals surface area contributed by atoms with E-state index in [2.05, 4.69) is 9.80 Å². The minimum absolute atomic E-state index is 0.110. The summed E-state index contributed by atoms with van der Waals surface area (Å²) < 4.78 is 11.2. The van der Waals surface area contributed by atoms with Crippen molar-refractivity contribution in [2.24, 2.45) is 5.73 Å². The molecule has 0 radical (unpaired) electrons. The first-order valence-electron chi connectivity index (χ1n) is 7.69. The highest BCUT2D eigenvalue weighted by Crippen LogP contribution is 2.30. The lowest BCUT2D eigenvalue weighted by atomic mass is 9.90. The second-order valence-corrected chi connectivity index (χ2v) is 6.12. The molecule has 3 fully saturated rings. The number of ether oxygens (including phenoxy) is 2. The van der Waals surface area contributed by atoms with E-state index in [-0.39, 0.29) is 5.54 Å². The van der Waals surface area contributed by atoms with Crippen LogP contribution < -0.4 is 5.73 Å². The van der Waals surface area contributed by atoms with Crippen LogP contribution in [-0.2, 0) is 9.47 Å². The lowest BCUT2D eigenvalue weighted by Gasteiger charge is -2.44. The third-order valence-electron chi connectivity index (χ3n) is 5.08. The van der Waals surface area contributed by atoms with Crippen molar-refractivity contribution in [3.05, 3.63) is 0 Å². The molecular weight excluding hydrogens is 242 g/mol. The molecule has 19 heavy (non-hydrogen) atoms. The van der Waals surface area contributed by atoms with Crippen LogP contribution in [0.25, 0.3) is 0 Å². The number of rotatable bonds is 3. The molecule has 0 aromatic heterocycles. The van der Waals surface area contributed by atoms with Gasteiger partial charge in [-0.25, -0.2) is 0 Å². The molecule has 0 bridgehead atoms. The van der Waals surface area contributed by atoms with E-state index in [4.69, 9.17) is 15.2 Å². The van der Waals surface area contributed by atoms with Gasteiger partial charge in [-0.2, -0.15) is 0 Å². The first-order valence-corrected chi connectivity index (χ1v) is 7.69. The highest BCUT2D eigenvalue weighted by Gasteiger charge is 2.42. The maximum atomic E-state index is 6.09. The zero-order valence-electron chi connectivity index (χ0n) is 11.9. The topological polar surface area (TPSA) is 51.0 Å². The third-order valence-corrected chi connectivity index (χ3v) is 5.08. The molecule has 0 saturated carbocycles. The standard InChI is InChI=1S/C14H27N3O2/c15-11-14(3-1-7-19-12-14)17-4-2-13(10-17)16-5-8-18-9-6-16/h13H,1-12,15H2. The Kier molecular flexibility index (Phi) is 4.39. The zero-order valence-corrected chi connectivity index (χ0v) is 11.9. The van der Waals surface area contributed by atoms with Crippen molar-refractivity contribution in [1.29, 1.82) is 0 Å².